The number of para-hydroxylation sites is 1. The highest BCUT2D eigenvalue weighted by atomic mass is 35.5. The van der Waals surface area contributed by atoms with Crippen molar-refractivity contribution in [3.63, 3.8) is 0 Å². The Bertz CT molecular complexity index is 1450. The van der Waals surface area contributed by atoms with Crippen LogP contribution in [0.15, 0.2) is 42.5 Å². The number of hydrogen-bond donors (Lipinski definition) is 1. The quantitative estimate of drug-likeness (QED) is 0.370. The molecule has 1 N–H and O–H groups in total. The third-order valence-electron chi connectivity index (χ3n) is 5.83. The first-order valence-corrected chi connectivity index (χ1v) is 13.6. The van der Waals surface area contributed by atoms with Crippen molar-refractivity contribution in [2.24, 2.45) is 7.05 Å². The molecule has 4 aromatic rings. The number of aryl methyl sites for hydroxylation is 2. The molecule has 35 heavy (non-hydrogen) atoms. The number of thioether (sulfide) groups is 1. The lowest BCUT2D eigenvalue weighted by Gasteiger charge is -2.23. The Morgan fingerprint density at radius 1 is 1.14 bits per heavy atom. The van der Waals surface area contributed by atoms with Crippen molar-refractivity contribution < 1.29 is 9.59 Å². The maximum absolute atomic E-state index is 13.6. The second kappa shape index (κ2) is 9.81. The number of nitrogens with zero attached hydrogens (tertiary/aromatic N) is 4. The van der Waals surface area contributed by atoms with Crippen LogP contribution in [0.25, 0.3) is 21.3 Å². The van der Waals surface area contributed by atoms with Crippen LogP contribution in [0.2, 0.25) is 10.0 Å². The summed E-state index contributed by atoms with van der Waals surface area (Å²) in [7, 11) is 1.81. The van der Waals surface area contributed by atoms with Crippen molar-refractivity contribution in [2.45, 2.75) is 13.0 Å². The Hall–Kier alpha value is -2.59. The van der Waals surface area contributed by atoms with Gasteiger partial charge in [-0.05, 0) is 30.7 Å². The predicted molar refractivity (Wildman–Crippen MR) is 143 cm³/mol. The molecular weight excluding hydrogens is 525 g/mol. The van der Waals surface area contributed by atoms with Crippen molar-refractivity contribution in [1.82, 2.24) is 25.0 Å². The second-order valence-corrected chi connectivity index (χ2v) is 11.2. The normalized spacial score (nSPS) is 15.7. The summed E-state index contributed by atoms with van der Waals surface area (Å²) in [5.74, 6) is 0.832. The van der Waals surface area contributed by atoms with E-state index in [0.29, 0.717) is 33.9 Å². The van der Waals surface area contributed by atoms with E-state index in [2.05, 4.69) is 15.4 Å². The minimum atomic E-state index is -0.257. The van der Waals surface area contributed by atoms with Crippen LogP contribution in [0.4, 0.5) is 0 Å². The van der Waals surface area contributed by atoms with Crippen LogP contribution in [0.1, 0.15) is 26.0 Å². The lowest BCUT2D eigenvalue weighted by Crippen LogP contribution is -2.44. The number of amides is 2. The largest absolute Gasteiger partial charge is 0.349 e. The number of rotatable bonds is 5. The van der Waals surface area contributed by atoms with E-state index >= 15 is 0 Å². The molecule has 0 unspecified atom stereocenters. The van der Waals surface area contributed by atoms with Gasteiger partial charge in [0.2, 0.25) is 0 Å². The first kappa shape index (κ1) is 24.1. The molecule has 1 atom stereocenters. The summed E-state index contributed by atoms with van der Waals surface area (Å²) in [6.07, 6.45) is 0. The van der Waals surface area contributed by atoms with Crippen LogP contribution in [-0.2, 0) is 7.05 Å². The molecule has 11 heteroatoms. The molecular formula is C24H21Cl2N5O2S2. The number of fused-ring (bicyclic) bond motifs is 1. The van der Waals surface area contributed by atoms with Gasteiger partial charge in [-0.15, -0.1) is 23.1 Å². The fourth-order valence-corrected chi connectivity index (χ4v) is 6.50. The topological polar surface area (TPSA) is 80.1 Å². The fourth-order valence-electron chi connectivity index (χ4n) is 4.09. The smallest absolute Gasteiger partial charge is 0.275 e. The van der Waals surface area contributed by atoms with E-state index in [1.807, 2.05) is 44.3 Å². The van der Waals surface area contributed by atoms with E-state index in [9.17, 15) is 9.59 Å². The van der Waals surface area contributed by atoms with Crippen LogP contribution in [-0.4, -0.2) is 55.7 Å². The van der Waals surface area contributed by atoms with E-state index in [0.717, 1.165) is 32.1 Å². The van der Waals surface area contributed by atoms with Crippen molar-refractivity contribution in [1.29, 1.82) is 0 Å². The number of carbonyl (C=O) groups is 2. The fraction of sp³-hybridized carbons (Fsp3) is 0.250. The molecule has 0 radical (unpaired) electrons. The number of aromatic nitrogens is 3. The number of hydrogen-bond acceptors (Lipinski definition) is 6. The van der Waals surface area contributed by atoms with Gasteiger partial charge in [0, 0.05) is 24.7 Å². The van der Waals surface area contributed by atoms with Crippen LogP contribution >= 0.6 is 46.3 Å². The summed E-state index contributed by atoms with van der Waals surface area (Å²) in [4.78, 5) is 33.6. The van der Waals surface area contributed by atoms with Gasteiger partial charge >= 0.3 is 0 Å². The standard InChI is InChI=1S/C24H21Cl2N5O2S2/c1-13-28-21(22(35-13)14-7-8-17(25)18(26)9-14)24(33)31-12-34-11-15(31)10-27-23(32)20-16-5-3-4-6-19(16)30(2)29-20/h3-9,15H,10-12H2,1-2H3,(H,27,32)/t15-/m1/s1. The van der Waals surface area contributed by atoms with Gasteiger partial charge in [0.1, 0.15) is 5.69 Å². The molecule has 1 saturated heterocycles. The minimum absolute atomic E-state index is 0.157. The third-order valence-corrected chi connectivity index (χ3v) is 8.67. The minimum Gasteiger partial charge on any atom is -0.349 e. The Morgan fingerprint density at radius 2 is 1.94 bits per heavy atom. The van der Waals surface area contributed by atoms with Crippen molar-refractivity contribution in [2.75, 3.05) is 18.2 Å². The summed E-state index contributed by atoms with van der Waals surface area (Å²) < 4.78 is 1.70. The summed E-state index contributed by atoms with van der Waals surface area (Å²) in [6.45, 7) is 2.20. The maximum Gasteiger partial charge on any atom is 0.275 e. The molecule has 7 nitrogen and oxygen atoms in total. The van der Waals surface area contributed by atoms with Crippen LogP contribution < -0.4 is 5.32 Å². The highest BCUT2D eigenvalue weighted by Gasteiger charge is 2.33. The highest BCUT2D eigenvalue weighted by Crippen LogP contribution is 2.36. The molecule has 1 aliphatic rings. The van der Waals surface area contributed by atoms with Gasteiger partial charge in [-0.3, -0.25) is 14.3 Å². The van der Waals surface area contributed by atoms with Gasteiger partial charge in [-0.1, -0.05) is 47.5 Å². The third kappa shape index (κ3) is 4.65. The van der Waals surface area contributed by atoms with E-state index in [-0.39, 0.29) is 17.9 Å². The molecule has 0 saturated carbocycles. The van der Waals surface area contributed by atoms with Crippen molar-refractivity contribution in [3.8, 4) is 10.4 Å². The second-order valence-electron chi connectivity index (χ2n) is 8.17. The van der Waals surface area contributed by atoms with Crippen LogP contribution in [0, 0.1) is 6.92 Å². The molecule has 2 aromatic heterocycles. The first-order chi connectivity index (χ1) is 16.8. The van der Waals surface area contributed by atoms with Gasteiger partial charge in [-0.2, -0.15) is 5.10 Å². The molecule has 180 valence electrons. The summed E-state index contributed by atoms with van der Waals surface area (Å²) in [5, 5.41) is 9.83. The summed E-state index contributed by atoms with van der Waals surface area (Å²) in [6, 6.07) is 12.8. The maximum atomic E-state index is 13.6. The molecule has 2 aromatic carbocycles. The zero-order valence-electron chi connectivity index (χ0n) is 18.9. The first-order valence-electron chi connectivity index (χ1n) is 10.8. The monoisotopic (exact) mass is 545 g/mol. The lowest BCUT2D eigenvalue weighted by atomic mass is 10.1. The molecule has 3 heterocycles. The van der Waals surface area contributed by atoms with E-state index in [1.54, 1.807) is 33.5 Å². The Labute approximate surface area is 220 Å². The molecule has 2 amide bonds. The summed E-state index contributed by atoms with van der Waals surface area (Å²) >= 11 is 15.4. The number of carbonyl (C=O) groups excluding carboxylic acids is 2. The van der Waals surface area contributed by atoms with Crippen LogP contribution in [0.5, 0.6) is 0 Å². The van der Waals surface area contributed by atoms with Gasteiger partial charge in [0.15, 0.2) is 5.69 Å². The van der Waals surface area contributed by atoms with Gasteiger partial charge in [0.25, 0.3) is 11.8 Å². The predicted octanol–water partition coefficient (Wildman–Crippen LogP) is 5.26. The Balaban J connectivity index is 1.34. The van der Waals surface area contributed by atoms with Crippen LogP contribution in [0.3, 0.4) is 0 Å². The Kier molecular flexibility index (Phi) is 6.76. The summed E-state index contributed by atoms with van der Waals surface area (Å²) in [5.41, 5.74) is 2.45. The SMILES string of the molecule is Cc1nc(C(=O)N2CSC[C@H]2CNC(=O)c2nn(C)c3ccccc23)c(-c2ccc(Cl)c(Cl)c2)s1. The number of thiazole rings is 1. The molecule has 1 aliphatic heterocycles. The van der Waals surface area contributed by atoms with Gasteiger partial charge < -0.3 is 10.2 Å². The molecule has 0 spiro atoms. The van der Waals surface area contributed by atoms with Crippen molar-refractivity contribution >= 4 is 69.0 Å². The number of benzene rings is 2. The van der Waals surface area contributed by atoms with Crippen molar-refractivity contribution in [3.05, 3.63) is 68.9 Å². The van der Waals surface area contributed by atoms with E-state index in [1.165, 1.54) is 11.3 Å². The molecule has 0 aliphatic carbocycles. The lowest BCUT2D eigenvalue weighted by molar-refractivity contribution is 0.0731. The highest BCUT2D eigenvalue weighted by molar-refractivity contribution is 7.99. The van der Waals surface area contributed by atoms with E-state index in [4.69, 9.17) is 23.2 Å². The average Bonchev–Trinajstić information content (AvgIpc) is 3.56. The average molecular weight is 547 g/mol. The molecule has 5 rings (SSSR count). The zero-order chi connectivity index (χ0) is 24.7. The van der Waals surface area contributed by atoms with Gasteiger partial charge in [0.05, 0.1) is 37.4 Å². The molecule has 1 fully saturated rings. The number of halogens is 2. The van der Waals surface area contributed by atoms with E-state index < -0.39 is 0 Å². The zero-order valence-corrected chi connectivity index (χ0v) is 22.1. The molecule has 0 bridgehead atoms. The Morgan fingerprint density at radius 3 is 2.74 bits per heavy atom. The van der Waals surface area contributed by atoms with Gasteiger partial charge in [-0.25, -0.2) is 4.98 Å². The number of nitrogens with one attached hydrogen (secondary N) is 1.